The van der Waals surface area contributed by atoms with Gasteiger partial charge in [0.25, 0.3) is 11.6 Å². The molecule has 0 aliphatic carbocycles. The summed E-state index contributed by atoms with van der Waals surface area (Å²) >= 11 is 3.05. The van der Waals surface area contributed by atoms with Gasteiger partial charge in [-0.3, -0.25) is 14.9 Å². The highest BCUT2D eigenvalue weighted by molar-refractivity contribution is 9.10. The molecule has 0 saturated carbocycles. The number of hydrogen-bond donors (Lipinski definition) is 1. The van der Waals surface area contributed by atoms with Crippen LogP contribution in [-0.2, 0) is 6.54 Å². The van der Waals surface area contributed by atoms with Crippen molar-refractivity contribution < 1.29 is 14.1 Å². The number of nitro benzene ring substituents is 1. The van der Waals surface area contributed by atoms with Gasteiger partial charge < -0.3 is 5.32 Å². The summed E-state index contributed by atoms with van der Waals surface area (Å²) in [6, 6.07) is 9.93. The molecule has 0 heterocycles. The zero-order chi connectivity index (χ0) is 15.4. The van der Waals surface area contributed by atoms with Crippen molar-refractivity contribution in [2.75, 3.05) is 0 Å². The zero-order valence-electron chi connectivity index (χ0n) is 10.7. The molecule has 0 radical (unpaired) electrons. The van der Waals surface area contributed by atoms with Crippen molar-refractivity contribution in [1.29, 1.82) is 0 Å². The third-order valence-corrected chi connectivity index (χ3v) is 3.42. The number of nitrogens with one attached hydrogen (secondary N) is 1. The molecular formula is C14H10BrFN2O3. The van der Waals surface area contributed by atoms with Gasteiger partial charge in [0.1, 0.15) is 5.82 Å². The van der Waals surface area contributed by atoms with E-state index in [-0.39, 0.29) is 23.6 Å². The van der Waals surface area contributed by atoms with Crippen molar-refractivity contribution in [2.45, 2.75) is 6.54 Å². The lowest BCUT2D eigenvalue weighted by atomic mass is 10.1. The number of hydrogen-bond acceptors (Lipinski definition) is 3. The molecule has 0 aromatic heterocycles. The number of halogens is 2. The molecule has 0 bridgehead atoms. The molecule has 0 fully saturated rings. The van der Waals surface area contributed by atoms with Crippen molar-refractivity contribution >= 4 is 27.5 Å². The van der Waals surface area contributed by atoms with Gasteiger partial charge in [-0.05, 0) is 45.8 Å². The SMILES string of the molecule is O=C(NCc1cccc(F)c1)c1ccc(Br)c([N+](=O)[O-])c1. The van der Waals surface area contributed by atoms with E-state index in [1.807, 2.05) is 0 Å². The molecule has 1 N–H and O–H groups in total. The standard InChI is InChI=1S/C14H10BrFN2O3/c15-12-5-4-10(7-13(12)18(20)21)14(19)17-8-9-2-1-3-11(16)6-9/h1-7H,8H2,(H,17,19). The smallest absolute Gasteiger partial charge is 0.284 e. The molecule has 1 amide bonds. The summed E-state index contributed by atoms with van der Waals surface area (Å²) in [5, 5.41) is 13.4. The van der Waals surface area contributed by atoms with E-state index in [0.29, 0.717) is 10.0 Å². The largest absolute Gasteiger partial charge is 0.348 e. The van der Waals surface area contributed by atoms with Gasteiger partial charge in [-0.1, -0.05) is 12.1 Å². The highest BCUT2D eigenvalue weighted by Crippen LogP contribution is 2.25. The Bertz CT molecular complexity index is 706. The van der Waals surface area contributed by atoms with E-state index >= 15 is 0 Å². The third kappa shape index (κ3) is 3.85. The fourth-order valence-electron chi connectivity index (χ4n) is 1.73. The molecule has 2 aromatic carbocycles. The van der Waals surface area contributed by atoms with Gasteiger partial charge in [0, 0.05) is 18.2 Å². The Morgan fingerprint density at radius 1 is 1.29 bits per heavy atom. The Kier molecular flexibility index (Phi) is 4.64. The number of nitrogens with zero attached hydrogens (tertiary/aromatic N) is 1. The second-order valence-corrected chi connectivity index (χ2v) is 5.09. The van der Waals surface area contributed by atoms with E-state index in [0.717, 1.165) is 0 Å². The maximum absolute atomic E-state index is 13.0. The van der Waals surface area contributed by atoms with Gasteiger partial charge in [-0.15, -0.1) is 0 Å². The van der Waals surface area contributed by atoms with Gasteiger partial charge in [0.2, 0.25) is 0 Å². The molecule has 21 heavy (non-hydrogen) atoms. The normalized spacial score (nSPS) is 10.2. The molecule has 0 aliphatic rings. The first-order valence-corrected chi connectivity index (χ1v) is 6.73. The van der Waals surface area contributed by atoms with E-state index in [9.17, 15) is 19.3 Å². The summed E-state index contributed by atoms with van der Waals surface area (Å²) in [5.41, 5.74) is 0.588. The van der Waals surface area contributed by atoms with Crippen LogP contribution in [0.2, 0.25) is 0 Å². The minimum absolute atomic E-state index is 0.139. The molecule has 2 rings (SSSR count). The Morgan fingerprint density at radius 3 is 2.71 bits per heavy atom. The molecule has 0 saturated heterocycles. The molecule has 2 aromatic rings. The molecule has 0 spiro atoms. The van der Waals surface area contributed by atoms with Crippen LogP contribution in [0.1, 0.15) is 15.9 Å². The highest BCUT2D eigenvalue weighted by atomic mass is 79.9. The first-order valence-electron chi connectivity index (χ1n) is 5.94. The lowest BCUT2D eigenvalue weighted by Gasteiger charge is -2.06. The van der Waals surface area contributed by atoms with Gasteiger partial charge in [-0.2, -0.15) is 0 Å². The first kappa shape index (κ1) is 15.1. The van der Waals surface area contributed by atoms with Crippen LogP contribution >= 0.6 is 15.9 Å². The summed E-state index contributed by atoms with van der Waals surface area (Å²) in [4.78, 5) is 22.2. The van der Waals surface area contributed by atoms with Crippen molar-refractivity contribution in [3.63, 3.8) is 0 Å². The summed E-state index contributed by atoms with van der Waals surface area (Å²) in [5.74, 6) is -0.851. The average Bonchev–Trinajstić information content (AvgIpc) is 2.45. The van der Waals surface area contributed by atoms with Crippen LogP contribution in [0.25, 0.3) is 0 Å². The van der Waals surface area contributed by atoms with E-state index in [1.54, 1.807) is 12.1 Å². The monoisotopic (exact) mass is 352 g/mol. The predicted molar refractivity (Wildman–Crippen MR) is 78.4 cm³/mol. The van der Waals surface area contributed by atoms with Crippen LogP contribution in [0.5, 0.6) is 0 Å². The topological polar surface area (TPSA) is 72.2 Å². The lowest BCUT2D eigenvalue weighted by Crippen LogP contribution is -2.22. The predicted octanol–water partition coefficient (Wildman–Crippen LogP) is 3.43. The summed E-state index contributed by atoms with van der Waals surface area (Å²) in [7, 11) is 0. The minimum Gasteiger partial charge on any atom is -0.348 e. The van der Waals surface area contributed by atoms with Crippen LogP contribution in [0.4, 0.5) is 10.1 Å². The lowest BCUT2D eigenvalue weighted by molar-refractivity contribution is -0.385. The minimum atomic E-state index is -0.576. The third-order valence-electron chi connectivity index (χ3n) is 2.75. The van der Waals surface area contributed by atoms with Gasteiger partial charge >= 0.3 is 0 Å². The second kappa shape index (κ2) is 6.45. The second-order valence-electron chi connectivity index (χ2n) is 4.24. The molecule has 108 valence electrons. The maximum atomic E-state index is 13.0. The Balaban J connectivity index is 2.10. The summed E-state index contributed by atoms with van der Waals surface area (Å²) in [6.07, 6.45) is 0. The Morgan fingerprint density at radius 2 is 2.05 bits per heavy atom. The fourth-order valence-corrected chi connectivity index (χ4v) is 2.12. The molecule has 0 aliphatic heterocycles. The molecule has 0 atom stereocenters. The van der Waals surface area contributed by atoms with Crippen LogP contribution in [0, 0.1) is 15.9 Å². The van der Waals surface area contributed by atoms with Crippen LogP contribution in [-0.4, -0.2) is 10.8 Å². The van der Waals surface area contributed by atoms with Gasteiger partial charge in [0.15, 0.2) is 0 Å². The highest BCUT2D eigenvalue weighted by Gasteiger charge is 2.15. The quantitative estimate of drug-likeness (QED) is 0.676. The molecule has 0 unspecified atom stereocenters. The molecular weight excluding hydrogens is 343 g/mol. The number of rotatable bonds is 4. The van der Waals surface area contributed by atoms with Crippen LogP contribution in [0.3, 0.4) is 0 Å². The fraction of sp³-hybridized carbons (Fsp3) is 0.0714. The number of amides is 1. The Hall–Kier alpha value is -2.28. The van der Waals surface area contributed by atoms with Crippen LogP contribution < -0.4 is 5.32 Å². The van der Waals surface area contributed by atoms with Crippen molar-refractivity contribution in [3.8, 4) is 0 Å². The van der Waals surface area contributed by atoms with Crippen molar-refractivity contribution in [1.82, 2.24) is 5.32 Å². The van der Waals surface area contributed by atoms with Crippen LogP contribution in [0.15, 0.2) is 46.9 Å². The number of nitro groups is 1. The zero-order valence-corrected chi connectivity index (χ0v) is 12.3. The van der Waals surface area contributed by atoms with E-state index in [4.69, 9.17) is 0 Å². The molecule has 5 nitrogen and oxygen atoms in total. The average molecular weight is 353 g/mol. The van der Waals surface area contributed by atoms with E-state index in [2.05, 4.69) is 21.2 Å². The molecule has 7 heteroatoms. The number of carbonyl (C=O) groups is 1. The summed E-state index contributed by atoms with van der Waals surface area (Å²) in [6.45, 7) is 0.139. The Labute approximate surface area is 128 Å². The summed E-state index contributed by atoms with van der Waals surface area (Å²) < 4.78 is 13.3. The van der Waals surface area contributed by atoms with Gasteiger partial charge in [-0.25, -0.2) is 4.39 Å². The first-order chi connectivity index (χ1) is 9.97. The van der Waals surface area contributed by atoms with E-state index in [1.165, 1.54) is 30.3 Å². The number of benzene rings is 2. The van der Waals surface area contributed by atoms with Crippen molar-refractivity contribution in [3.05, 3.63) is 74.0 Å². The van der Waals surface area contributed by atoms with E-state index < -0.39 is 10.8 Å². The van der Waals surface area contributed by atoms with Crippen molar-refractivity contribution in [2.24, 2.45) is 0 Å². The number of carbonyl (C=O) groups excluding carboxylic acids is 1. The maximum Gasteiger partial charge on any atom is 0.284 e. The van der Waals surface area contributed by atoms with Gasteiger partial charge in [0.05, 0.1) is 9.40 Å².